The molecule has 182 valence electrons. The Labute approximate surface area is 198 Å². The van der Waals surface area contributed by atoms with Crippen LogP contribution in [-0.2, 0) is 21.2 Å². The van der Waals surface area contributed by atoms with Crippen LogP contribution in [0, 0.1) is 0 Å². The molecule has 1 fully saturated rings. The molecule has 1 aromatic heterocycles. The number of imide groups is 1. The minimum atomic E-state index is -5.54. The van der Waals surface area contributed by atoms with Crippen LogP contribution in [0.25, 0.3) is 11.3 Å². The Balaban J connectivity index is 1.52. The fourth-order valence-corrected chi connectivity index (χ4v) is 4.31. The zero-order chi connectivity index (χ0) is 25.4. The summed E-state index contributed by atoms with van der Waals surface area (Å²) < 4.78 is 66.5. The lowest BCUT2D eigenvalue weighted by Gasteiger charge is -2.18. The average molecular weight is 505 g/mol. The summed E-state index contributed by atoms with van der Waals surface area (Å²) in [7, 11) is -3.98. The molecule has 0 saturated carbocycles. The maximum absolute atomic E-state index is 12.9. The summed E-state index contributed by atoms with van der Waals surface area (Å²) in [4.78, 5) is 30.8. The van der Waals surface area contributed by atoms with E-state index in [0.29, 0.717) is 29.1 Å². The lowest BCUT2D eigenvalue weighted by Crippen LogP contribution is -2.32. The van der Waals surface area contributed by atoms with Crippen molar-refractivity contribution in [3.8, 4) is 17.0 Å². The number of ether oxygens (including phenoxy) is 1. The van der Waals surface area contributed by atoms with Gasteiger partial charge in [-0.15, -0.1) is 0 Å². The monoisotopic (exact) mass is 505 g/mol. The van der Waals surface area contributed by atoms with Gasteiger partial charge >= 0.3 is 11.5 Å². The number of hydrogen-bond donors (Lipinski definition) is 0. The van der Waals surface area contributed by atoms with Crippen molar-refractivity contribution >= 4 is 27.5 Å². The molecule has 12 heteroatoms. The number of hydrogen-bond acceptors (Lipinski definition) is 6. The Hall–Kier alpha value is -3.93. The molecule has 0 N–H and O–H groups in total. The van der Waals surface area contributed by atoms with Crippen LogP contribution in [-0.4, -0.2) is 49.4 Å². The zero-order valence-electron chi connectivity index (χ0n) is 18.2. The molecule has 8 nitrogen and oxygen atoms in total. The van der Waals surface area contributed by atoms with Crippen molar-refractivity contribution in [3.05, 3.63) is 72.4 Å². The Kier molecular flexibility index (Phi) is 6.24. The molecule has 0 aliphatic carbocycles. The quantitative estimate of drug-likeness (QED) is 0.470. The molecule has 1 aliphatic rings. The van der Waals surface area contributed by atoms with Crippen molar-refractivity contribution < 1.29 is 35.9 Å². The van der Waals surface area contributed by atoms with Gasteiger partial charge in [0.25, 0.3) is 15.7 Å². The predicted molar refractivity (Wildman–Crippen MR) is 119 cm³/mol. The third kappa shape index (κ3) is 4.69. The Morgan fingerprint density at radius 1 is 1.00 bits per heavy atom. The number of pyridine rings is 1. The van der Waals surface area contributed by atoms with E-state index in [9.17, 15) is 31.2 Å². The number of alkyl halides is 3. The highest BCUT2D eigenvalue weighted by Crippen LogP contribution is 2.32. The third-order valence-corrected chi connectivity index (χ3v) is 6.83. The minimum absolute atomic E-state index is 0.0303. The SMILES string of the molecule is COc1ccc(-c2cc(CN3CC(=O)N(c4ccc(S(=O)(=O)C(F)(F)F)cc4)C3=O)ccn2)cc1. The molecule has 3 aromatic rings. The van der Waals surface area contributed by atoms with Gasteiger partial charge < -0.3 is 9.64 Å². The van der Waals surface area contributed by atoms with E-state index in [-0.39, 0.29) is 18.8 Å². The predicted octanol–water partition coefficient (Wildman–Crippen LogP) is 4.02. The number of carbonyl (C=O) groups is 2. The number of methoxy groups -OCH3 is 1. The van der Waals surface area contributed by atoms with E-state index in [0.717, 1.165) is 22.6 Å². The largest absolute Gasteiger partial charge is 0.501 e. The van der Waals surface area contributed by atoms with Crippen LogP contribution in [0.2, 0.25) is 0 Å². The number of benzene rings is 2. The van der Waals surface area contributed by atoms with Crippen molar-refractivity contribution in [3.63, 3.8) is 0 Å². The van der Waals surface area contributed by atoms with Gasteiger partial charge in [0.2, 0.25) is 0 Å². The van der Waals surface area contributed by atoms with Gasteiger partial charge in [-0.2, -0.15) is 13.2 Å². The molecule has 0 unspecified atom stereocenters. The molecule has 4 rings (SSSR count). The number of aromatic nitrogens is 1. The molecule has 2 aromatic carbocycles. The van der Waals surface area contributed by atoms with Crippen molar-refractivity contribution in [1.82, 2.24) is 9.88 Å². The maximum atomic E-state index is 12.9. The summed E-state index contributed by atoms with van der Waals surface area (Å²) in [5, 5.41) is 0. The van der Waals surface area contributed by atoms with E-state index in [1.54, 1.807) is 37.6 Å². The molecule has 0 radical (unpaired) electrons. The normalized spacial score (nSPS) is 14.5. The first-order chi connectivity index (χ1) is 16.5. The minimum Gasteiger partial charge on any atom is -0.497 e. The summed E-state index contributed by atoms with van der Waals surface area (Å²) in [5.41, 5.74) is -3.30. The second kappa shape index (κ2) is 9.02. The molecular formula is C23H18F3N3O5S. The summed E-state index contributed by atoms with van der Waals surface area (Å²) in [6.07, 6.45) is 1.58. The standard InChI is InChI=1S/C23H18F3N3O5S/c1-34-18-6-2-16(3-7-18)20-12-15(10-11-27-20)13-28-14-21(30)29(22(28)31)17-4-8-19(9-5-17)35(32,33)23(24,25)26/h2-12H,13-14H2,1H3. The number of urea groups is 1. The molecule has 0 spiro atoms. The van der Waals surface area contributed by atoms with Crippen molar-refractivity contribution in [1.29, 1.82) is 0 Å². The molecule has 35 heavy (non-hydrogen) atoms. The summed E-state index contributed by atoms with van der Waals surface area (Å²) >= 11 is 0. The lowest BCUT2D eigenvalue weighted by molar-refractivity contribution is -0.116. The third-order valence-electron chi connectivity index (χ3n) is 5.33. The molecule has 1 aliphatic heterocycles. The van der Waals surface area contributed by atoms with Crippen LogP contribution < -0.4 is 9.64 Å². The first-order valence-electron chi connectivity index (χ1n) is 10.1. The second-order valence-electron chi connectivity index (χ2n) is 7.59. The number of carbonyl (C=O) groups excluding carboxylic acids is 2. The number of rotatable bonds is 6. The van der Waals surface area contributed by atoms with E-state index >= 15 is 0 Å². The van der Waals surface area contributed by atoms with Crippen molar-refractivity contribution in [2.24, 2.45) is 0 Å². The Bertz CT molecular complexity index is 1370. The zero-order valence-corrected chi connectivity index (χ0v) is 19.0. The number of halogens is 3. The Morgan fingerprint density at radius 3 is 2.26 bits per heavy atom. The van der Waals surface area contributed by atoms with Gasteiger partial charge in [0.05, 0.1) is 23.4 Å². The van der Waals surface area contributed by atoms with Crippen LogP contribution in [0.15, 0.2) is 71.8 Å². The summed E-state index contributed by atoms with van der Waals surface area (Å²) in [5.74, 6) is 0.0982. The van der Waals surface area contributed by atoms with Gasteiger partial charge in [-0.1, -0.05) is 0 Å². The number of anilines is 1. The topological polar surface area (TPSA) is 96.9 Å². The first-order valence-corrected chi connectivity index (χ1v) is 11.6. The van der Waals surface area contributed by atoms with Crippen LogP contribution >= 0.6 is 0 Å². The first kappa shape index (κ1) is 24.2. The van der Waals surface area contributed by atoms with Crippen LogP contribution in [0.1, 0.15) is 5.56 Å². The van der Waals surface area contributed by atoms with Gasteiger partial charge in [0.15, 0.2) is 0 Å². The highest BCUT2D eigenvalue weighted by Gasteiger charge is 2.47. The van der Waals surface area contributed by atoms with E-state index in [4.69, 9.17) is 4.74 Å². The van der Waals surface area contributed by atoms with Gasteiger partial charge in [0.1, 0.15) is 12.3 Å². The van der Waals surface area contributed by atoms with Crippen molar-refractivity contribution in [2.45, 2.75) is 16.9 Å². The fraction of sp³-hybridized carbons (Fsp3) is 0.174. The molecule has 0 bridgehead atoms. The molecular weight excluding hydrogens is 487 g/mol. The summed E-state index contributed by atoms with van der Waals surface area (Å²) in [6, 6.07) is 13.5. The highest BCUT2D eigenvalue weighted by molar-refractivity contribution is 7.92. The maximum Gasteiger partial charge on any atom is 0.501 e. The van der Waals surface area contributed by atoms with Gasteiger partial charge in [-0.25, -0.2) is 18.1 Å². The number of nitrogens with zero attached hydrogens (tertiary/aromatic N) is 3. The van der Waals surface area contributed by atoms with Gasteiger partial charge in [0, 0.05) is 18.3 Å². The van der Waals surface area contributed by atoms with Crippen LogP contribution in [0.4, 0.5) is 23.7 Å². The number of sulfone groups is 1. The average Bonchev–Trinajstić information content (AvgIpc) is 3.11. The van der Waals surface area contributed by atoms with E-state index in [1.807, 2.05) is 12.1 Å². The number of amides is 3. The fourth-order valence-electron chi connectivity index (χ4n) is 3.55. The van der Waals surface area contributed by atoms with E-state index in [2.05, 4.69) is 4.98 Å². The van der Waals surface area contributed by atoms with Crippen LogP contribution in [0.3, 0.4) is 0 Å². The van der Waals surface area contributed by atoms with Gasteiger partial charge in [-0.05, 0) is 66.2 Å². The van der Waals surface area contributed by atoms with E-state index < -0.39 is 32.2 Å². The van der Waals surface area contributed by atoms with Gasteiger partial charge in [-0.3, -0.25) is 9.78 Å². The molecule has 0 atom stereocenters. The summed E-state index contributed by atoms with van der Waals surface area (Å²) in [6.45, 7) is -0.158. The molecule has 3 amide bonds. The van der Waals surface area contributed by atoms with E-state index in [1.165, 1.54) is 4.90 Å². The highest BCUT2D eigenvalue weighted by atomic mass is 32.2. The lowest BCUT2D eigenvalue weighted by atomic mass is 10.1. The molecule has 2 heterocycles. The Morgan fingerprint density at radius 2 is 1.66 bits per heavy atom. The molecule has 1 saturated heterocycles. The smallest absolute Gasteiger partial charge is 0.497 e. The second-order valence-corrected chi connectivity index (χ2v) is 9.53. The van der Waals surface area contributed by atoms with Crippen molar-refractivity contribution in [2.75, 3.05) is 18.6 Å². The van der Waals surface area contributed by atoms with Crippen LogP contribution in [0.5, 0.6) is 5.75 Å².